The van der Waals surface area contributed by atoms with E-state index in [1.165, 1.54) is 12.1 Å². The highest BCUT2D eigenvalue weighted by atomic mass is 35.5. The van der Waals surface area contributed by atoms with Crippen molar-refractivity contribution in [2.45, 2.75) is 25.5 Å². The lowest BCUT2D eigenvalue weighted by Gasteiger charge is -2.24. The summed E-state index contributed by atoms with van der Waals surface area (Å²) in [6.07, 6.45) is 4.45. The molecule has 1 unspecified atom stereocenters. The van der Waals surface area contributed by atoms with Gasteiger partial charge >= 0.3 is 0 Å². The van der Waals surface area contributed by atoms with Gasteiger partial charge in [0.15, 0.2) is 6.23 Å². The Labute approximate surface area is 143 Å². The van der Waals surface area contributed by atoms with Crippen LogP contribution in [-0.4, -0.2) is 21.4 Å². The fourth-order valence-corrected chi connectivity index (χ4v) is 3.36. The summed E-state index contributed by atoms with van der Waals surface area (Å²) in [6.45, 7) is 0.692. The van der Waals surface area contributed by atoms with E-state index in [0.29, 0.717) is 39.6 Å². The molecule has 2 N–H and O–H groups in total. The molecule has 2 aromatic heterocycles. The number of nitrogens with zero attached hydrogens (tertiary/aromatic N) is 3. The average Bonchev–Trinajstić information content (AvgIpc) is 3.05. The van der Waals surface area contributed by atoms with E-state index in [0.717, 1.165) is 19.3 Å². The molecule has 1 aliphatic rings. The maximum atomic E-state index is 14.7. The molecule has 0 aliphatic carbocycles. The summed E-state index contributed by atoms with van der Waals surface area (Å²) in [4.78, 5) is 4.26. The van der Waals surface area contributed by atoms with Crippen molar-refractivity contribution in [3.8, 4) is 11.3 Å². The molecule has 24 heavy (non-hydrogen) atoms. The minimum Gasteiger partial charge on any atom is -0.384 e. The number of pyridine rings is 1. The summed E-state index contributed by atoms with van der Waals surface area (Å²) in [6, 6.07) is 6.33. The minimum atomic E-state index is -0.381. The molecule has 0 saturated carbocycles. The molecule has 1 aromatic carbocycles. The second-order valence-electron chi connectivity index (χ2n) is 5.86. The fraction of sp³-hybridized carbons (Fsp3) is 0.294. The van der Waals surface area contributed by atoms with E-state index in [2.05, 4.69) is 10.1 Å². The van der Waals surface area contributed by atoms with Crippen molar-refractivity contribution in [2.24, 2.45) is 0 Å². The van der Waals surface area contributed by atoms with Crippen LogP contribution in [0.15, 0.2) is 30.5 Å². The Morgan fingerprint density at radius 2 is 2.17 bits per heavy atom. The molecule has 4 rings (SSSR count). The van der Waals surface area contributed by atoms with Gasteiger partial charge in [0.2, 0.25) is 0 Å². The molecule has 1 fully saturated rings. The van der Waals surface area contributed by atoms with Crippen LogP contribution in [0.2, 0.25) is 5.02 Å². The van der Waals surface area contributed by atoms with Gasteiger partial charge in [-0.2, -0.15) is 5.10 Å². The Morgan fingerprint density at radius 3 is 2.96 bits per heavy atom. The number of anilines is 1. The number of fused-ring (bicyclic) bond motifs is 1. The molecule has 0 spiro atoms. The van der Waals surface area contributed by atoms with E-state index in [4.69, 9.17) is 22.1 Å². The van der Waals surface area contributed by atoms with Crippen LogP contribution in [0.4, 0.5) is 10.2 Å². The number of nitrogens with two attached hydrogens (primary N) is 1. The van der Waals surface area contributed by atoms with Crippen LogP contribution < -0.4 is 5.73 Å². The molecular weight excluding hydrogens is 331 g/mol. The average molecular weight is 347 g/mol. The molecule has 7 heteroatoms. The van der Waals surface area contributed by atoms with Gasteiger partial charge in [0.1, 0.15) is 11.6 Å². The summed E-state index contributed by atoms with van der Waals surface area (Å²) in [5, 5.41) is 5.24. The van der Waals surface area contributed by atoms with Crippen LogP contribution >= 0.6 is 11.6 Å². The largest absolute Gasteiger partial charge is 0.384 e. The van der Waals surface area contributed by atoms with Crippen molar-refractivity contribution in [3.63, 3.8) is 0 Å². The van der Waals surface area contributed by atoms with Gasteiger partial charge in [0, 0.05) is 23.8 Å². The Balaban J connectivity index is 1.85. The Kier molecular flexibility index (Phi) is 3.86. The maximum absolute atomic E-state index is 14.7. The lowest BCUT2D eigenvalue weighted by atomic mass is 10.1. The smallest absolute Gasteiger partial charge is 0.150 e. The minimum absolute atomic E-state index is 0.170. The van der Waals surface area contributed by atoms with Gasteiger partial charge < -0.3 is 10.5 Å². The van der Waals surface area contributed by atoms with E-state index in [1.54, 1.807) is 23.0 Å². The SMILES string of the molecule is Nc1cc(Cl)c2cc(F)c(-c3ccnn3C3CCCCO3)cc2n1. The summed E-state index contributed by atoms with van der Waals surface area (Å²) >= 11 is 6.14. The molecule has 1 atom stereocenters. The highest BCUT2D eigenvalue weighted by Gasteiger charge is 2.21. The number of hydrogen-bond acceptors (Lipinski definition) is 4. The number of aromatic nitrogens is 3. The van der Waals surface area contributed by atoms with Crippen LogP contribution in [-0.2, 0) is 4.74 Å². The molecule has 0 amide bonds. The lowest BCUT2D eigenvalue weighted by Crippen LogP contribution is -2.20. The van der Waals surface area contributed by atoms with Gasteiger partial charge in [0.25, 0.3) is 0 Å². The van der Waals surface area contributed by atoms with E-state index < -0.39 is 0 Å². The van der Waals surface area contributed by atoms with Crippen molar-refractivity contribution in [3.05, 3.63) is 41.3 Å². The van der Waals surface area contributed by atoms with Crippen LogP contribution in [0, 0.1) is 5.82 Å². The van der Waals surface area contributed by atoms with Gasteiger partial charge in [-0.3, -0.25) is 0 Å². The number of halogens is 2. The predicted molar refractivity (Wildman–Crippen MR) is 91.2 cm³/mol. The second-order valence-corrected chi connectivity index (χ2v) is 6.27. The second kappa shape index (κ2) is 6.03. The molecule has 5 nitrogen and oxygen atoms in total. The van der Waals surface area contributed by atoms with Gasteiger partial charge in [-0.15, -0.1) is 0 Å². The van der Waals surface area contributed by atoms with Gasteiger partial charge in [0.05, 0.1) is 16.2 Å². The molecule has 124 valence electrons. The first kappa shape index (κ1) is 15.4. The van der Waals surface area contributed by atoms with Crippen molar-refractivity contribution in [1.29, 1.82) is 0 Å². The highest BCUT2D eigenvalue weighted by molar-refractivity contribution is 6.35. The normalized spacial score (nSPS) is 18.2. The molecule has 3 aromatic rings. The van der Waals surface area contributed by atoms with Crippen molar-refractivity contribution >= 4 is 28.3 Å². The molecule has 1 saturated heterocycles. The topological polar surface area (TPSA) is 66.0 Å². The van der Waals surface area contributed by atoms with Crippen LogP contribution in [0.25, 0.3) is 22.2 Å². The molecule has 0 radical (unpaired) electrons. The Morgan fingerprint density at radius 1 is 1.29 bits per heavy atom. The molecule has 1 aliphatic heterocycles. The van der Waals surface area contributed by atoms with E-state index in [1.807, 2.05) is 0 Å². The summed E-state index contributed by atoms with van der Waals surface area (Å²) in [7, 11) is 0. The van der Waals surface area contributed by atoms with Crippen LogP contribution in [0.1, 0.15) is 25.5 Å². The zero-order valence-electron chi connectivity index (χ0n) is 12.9. The van der Waals surface area contributed by atoms with Crippen LogP contribution in [0.5, 0.6) is 0 Å². The standard InChI is InChI=1S/C17H16ClFN4O/c18-12-9-16(20)22-14-8-11(13(19)7-10(12)14)15-4-5-21-23(15)17-3-1-2-6-24-17/h4-5,7-9,17H,1-3,6H2,(H2,20,22). The Hall–Kier alpha value is -2.18. The van der Waals surface area contributed by atoms with Crippen molar-refractivity contribution in [1.82, 2.24) is 14.8 Å². The van der Waals surface area contributed by atoms with Gasteiger partial charge in [-0.25, -0.2) is 14.1 Å². The fourth-order valence-electron chi connectivity index (χ4n) is 3.09. The summed E-state index contributed by atoms with van der Waals surface area (Å²) in [5.74, 6) is -0.0808. The molecular formula is C17H16ClFN4O. The maximum Gasteiger partial charge on any atom is 0.150 e. The quantitative estimate of drug-likeness (QED) is 0.756. The number of ether oxygens (including phenoxy) is 1. The van der Waals surface area contributed by atoms with E-state index in [9.17, 15) is 4.39 Å². The summed E-state index contributed by atoms with van der Waals surface area (Å²) < 4.78 is 22.2. The van der Waals surface area contributed by atoms with Crippen LogP contribution in [0.3, 0.4) is 0 Å². The summed E-state index contributed by atoms with van der Waals surface area (Å²) in [5.41, 5.74) is 7.36. The number of hydrogen-bond donors (Lipinski definition) is 1. The third-order valence-electron chi connectivity index (χ3n) is 4.24. The zero-order valence-corrected chi connectivity index (χ0v) is 13.6. The van der Waals surface area contributed by atoms with E-state index >= 15 is 0 Å². The highest BCUT2D eigenvalue weighted by Crippen LogP contribution is 2.33. The first-order chi connectivity index (χ1) is 11.6. The van der Waals surface area contributed by atoms with Gasteiger partial charge in [-0.1, -0.05) is 11.6 Å². The molecule has 3 heterocycles. The third kappa shape index (κ3) is 2.61. The van der Waals surface area contributed by atoms with Crippen molar-refractivity contribution in [2.75, 3.05) is 12.3 Å². The lowest BCUT2D eigenvalue weighted by molar-refractivity contribution is -0.0383. The predicted octanol–water partition coefficient (Wildman–Crippen LogP) is 4.17. The van der Waals surface area contributed by atoms with E-state index in [-0.39, 0.29) is 12.0 Å². The Bertz CT molecular complexity index is 905. The number of rotatable bonds is 2. The number of benzene rings is 1. The monoisotopic (exact) mass is 346 g/mol. The first-order valence-electron chi connectivity index (χ1n) is 7.84. The third-order valence-corrected chi connectivity index (χ3v) is 4.55. The van der Waals surface area contributed by atoms with Gasteiger partial charge in [-0.05, 0) is 43.5 Å². The zero-order chi connectivity index (χ0) is 16.7. The molecule has 0 bridgehead atoms. The first-order valence-corrected chi connectivity index (χ1v) is 8.22. The van der Waals surface area contributed by atoms with Crippen molar-refractivity contribution < 1.29 is 9.13 Å². The number of nitrogen functional groups attached to an aromatic ring is 1.